The molecule has 1 unspecified atom stereocenters. The zero-order valence-corrected chi connectivity index (χ0v) is 11.5. The third-order valence-corrected chi connectivity index (χ3v) is 4.94. The van der Waals surface area contributed by atoms with Gasteiger partial charge in [-0.05, 0) is 30.4 Å². The standard InChI is InChI=1S/C11H9ClN2O2S2/c12-8-2-1-3-9-10(8)13-11(17)14(9)7-4-5-18(15,16)6-7/h1-5,7H,6H2,(H,13,17). The Hall–Kier alpha value is -1.11. The molecule has 2 aromatic rings. The monoisotopic (exact) mass is 300 g/mol. The van der Waals surface area contributed by atoms with Crippen LogP contribution in [0.3, 0.4) is 0 Å². The van der Waals surface area contributed by atoms with Crippen molar-refractivity contribution in [2.75, 3.05) is 5.75 Å². The summed E-state index contributed by atoms with van der Waals surface area (Å²) < 4.78 is 25.2. The molecule has 3 rings (SSSR count). The Bertz CT molecular complexity index is 817. The summed E-state index contributed by atoms with van der Waals surface area (Å²) in [5, 5.41) is 1.81. The number of allylic oxidation sites excluding steroid dienone is 1. The summed E-state index contributed by atoms with van der Waals surface area (Å²) >= 11 is 11.3. The van der Waals surface area contributed by atoms with Gasteiger partial charge >= 0.3 is 0 Å². The molecule has 0 saturated heterocycles. The largest absolute Gasteiger partial charge is 0.329 e. The van der Waals surface area contributed by atoms with Crippen molar-refractivity contribution in [3.8, 4) is 0 Å². The molecule has 94 valence electrons. The van der Waals surface area contributed by atoms with Gasteiger partial charge in [-0.25, -0.2) is 8.42 Å². The van der Waals surface area contributed by atoms with Crippen LogP contribution < -0.4 is 0 Å². The van der Waals surface area contributed by atoms with E-state index in [1.165, 1.54) is 5.41 Å². The highest BCUT2D eigenvalue weighted by Gasteiger charge is 2.25. The van der Waals surface area contributed by atoms with Crippen LogP contribution in [-0.4, -0.2) is 23.7 Å². The number of imidazole rings is 1. The van der Waals surface area contributed by atoms with E-state index < -0.39 is 9.84 Å². The Labute approximate surface area is 114 Å². The molecule has 1 aromatic carbocycles. The van der Waals surface area contributed by atoms with Gasteiger partial charge in [0.25, 0.3) is 0 Å². The van der Waals surface area contributed by atoms with Crippen molar-refractivity contribution in [3.05, 3.63) is 39.5 Å². The van der Waals surface area contributed by atoms with Gasteiger partial charge < -0.3 is 9.55 Å². The smallest absolute Gasteiger partial charge is 0.178 e. The van der Waals surface area contributed by atoms with E-state index >= 15 is 0 Å². The predicted octanol–water partition coefficient (Wildman–Crippen LogP) is 2.84. The Morgan fingerprint density at radius 2 is 2.22 bits per heavy atom. The molecule has 0 saturated carbocycles. The minimum atomic E-state index is -3.11. The average Bonchev–Trinajstić information content (AvgIpc) is 2.79. The molecular formula is C11H9ClN2O2S2. The lowest BCUT2D eigenvalue weighted by molar-refractivity contribution is 0.594. The SMILES string of the molecule is O=S1(=O)C=CC(n2c(=S)[nH]c3c(Cl)cccc32)C1. The first-order valence-electron chi connectivity index (χ1n) is 5.28. The first-order chi connectivity index (χ1) is 8.48. The zero-order chi connectivity index (χ0) is 12.9. The molecule has 1 atom stereocenters. The number of H-pyrrole nitrogens is 1. The minimum Gasteiger partial charge on any atom is -0.329 e. The second-order valence-corrected chi connectivity index (χ2v) is 6.88. The van der Waals surface area contributed by atoms with Crippen LogP contribution in [0.15, 0.2) is 29.7 Å². The van der Waals surface area contributed by atoms with Gasteiger partial charge in [0.15, 0.2) is 14.6 Å². The van der Waals surface area contributed by atoms with E-state index in [9.17, 15) is 8.42 Å². The van der Waals surface area contributed by atoms with E-state index in [1.807, 2.05) is 12.1 Å². The third kappa shape index (κ3) is 1.81. The molecule has 0 bridgehead atoms. The number of rotatable bonds is 1. The normalized spacial score (nSPS) is 21.7. The highest BCUT2D eigenvalue weighted by Crippen LogP contribution is 2.28. The zero-order valence-electron chi connectivity index (χ0n) is 9.13. The van der Waals surface area contributed by atoms with Gasteiger partial charge in [-0.2, -0.15) is 0 Å². The number of sulfone groups is 1. The highest BCUT2D eigenvalue weighted by atomic mass is 35.5. The number of hydrogen-bond donors (Lipinski definition) is 1. The summed E-state index contributed by atoms with van der Waals surface area (Å²) in [6.45, 7) is 0. The number of benzene rings is 1. The van der Waals surface area contributed by atoms with Crippen LogP contribution >= 0.6 is 23.8 Å². The molecule has 0 amide bonds. The van der Waals surface area contributed by atoms with Gasteiger partial charge in [-0.15, -0.1) is 0 Å². The lowest BCUT2D eigenvalue weighted by Gasteiger charge is -2.10. The molecule has 0 fully saturated rings. The number of aromatic nitrogens is 2. The molecule has 7 heteroatoms. The van der Waals surface area contributed by atoms with Crippen molar-refractivity contribution < 1.29 is 8.42 Å². The fourth-order valence-electron chi connectivity index (χ4n) is 2.16. The third-order valence-electron chi connectivity index (χ3n) is 2.94. The number of para-hydroxylation sites is 1. The van der Waals surface area contributed by atoms with Crippen LogP contribution in [0.2, 0.25) is 5.02 Å². The summed E-state index contributed by atoms with van der Waals surface area (Å²) in [4.78, 5) is 3.02. The van der Waals surface area contributed by atoms with Crippen LogP contribution in [0.25, 0.3) is 11.0 Å². The molecule has 1 aromatic heterocycles. The molecule has 1 aliphatic rings. The van der Waals surface area contributed by atoms with E-state index in [-0.39, 0.29) is 11.8 Å². The Morgan fingerprint density at radius 1 is 1.44 bits per heavy atom. The second-order valence-electron chi connectivity index (χ2n) is 4.16. The molecule has 0 aliphatic carbocycles. The summed E-state index contributed by atoms with van der Waals surface area (Å²) in [6.07, 6.45) is 1.65. The average molecular weight is 301 g/mol. The van der Waals surface area contributed by atoms with E-state index in [4.69, 9.17) is 23.8 Å². The highest BCUT2D eigenvalue weighted by molar-refractivity contribution is 7.94. The van der Waals surface area contributed by atoms with Crippen LogP contribution in [0.1, 0.15) is 6.04 Å². The Kier molecular flexibility index (Phi) is 2.62. The fraction of sp³-hybridized carbons (Fsp3) is 0.182. The summed E-state index contributed by atoms with van der Waals surface area (Å²) in [6, 6.07) is 5.18. The van der Waals surface area contributed by atoms with Crippen molar-refractivity contribution in [3.63, 3.8) is 0 Å². The Balaban J connectivity index is 2.25. The number of nitrogens with zero attached hydrogens (tertiary/aromatic N) is 1. The first-order valence-corrected chi connectivity index (χ1v) is 7.78. The van der Waals surface area contributed by atoms with Gasteiger partial charge in [0.1, 0.15) is 0 Å². The number of fused-ring (bicyclic) bond motifs is 1. The maximum atomic E-state index is 11.5. The number of hydrogen-bond acceptors (Lipinski definition) is 3. The van der Waals surface area contributed by atoms with E-state index in [2.05, 4.69) is 4.98 Å². The molecule has 1 N–H and O–H groups in total. The molecule has 18 heavy (non-hydrogen) atoms. The molecule has 2 heterocycles. The van der Waals surface area contributed by atoms with Crippen molar-refractivity contribution in [2.45, 2.75) is 6.04 Å². The number of aromatic amines is 1. The van der Waals surface area contributed by atoms with Crippen molar-refractivity contribution in [2.24, 2.45) is 0 Å². The van der Waals surface area contributed by atoms with E-state index in [0.717, 1.165) is 11.0 Å². The molecule has 0 spiro atoms. The van der Waals surface area contributed by atoms with Crippen molar-refractivity contribution in [1.29, 1.82) is 0 Å². The summed E-state index contributed by atoms with van der Waals surface area (Å²) in [5.74, 6) is 0.0424. The van der Waals surface area contributed by atoms with Crippen LogP contribution in [0.5, 0.6) is 0 Å². The van der Waals surface area contributed by atoms with Gasteiger partial charge in [0.05, 0.1) is 27.9 Å². The number of nitrogens with one attached hydrogen (secondary N) is 1. The summed E-state index contributed by atoms with van der Waals surface area (Å²) in [5.41, 5.74) is 1.56. The van der Waals surface area contributed by atoms with Crippen molar-refractivity contribution in [1.82, 2.24) is 9.55 Å². The van der Waals surface area contributed by atoms with Crippen LogP contribution in [0, 0.1) is 4.77 Å². The maximum Gasteiger partial charge on any atom is 0.178 e. The van der Waals surface area contributed by atoms with Crippen LogP contribution in [-0.2, 0) is 9.84 Å². The predicted molar refractivity (Wildman–Crippen MR) is 74.1 cm³/mol. The van der Waals surface area contributed by atoms with Crippen molar-refractivity contribution >= 4 is 44.7 Å². The lowest BCUT2D eigenvalue weighted by atomic mass is 10.3. The van der Waals surface area contributed by atoms with Gasteiger partial charge in [-0.1, -0.05) is 17.7 Å². The minimum absolute atomic E-state index is 0.0424. The van der Waals surface area contributed by atoms with E-state index in [0.29, 0.717) is 9.79 Å². The molecular weight excluding hydrogens is 292 g/mol. The second kappa shape index (κ2) is 3.94. The number of halogens is 1. The maximum absolute atomic E-state index is 11.5. The van der Waals surface area contributed by atoms with Gasteiger partial charge in [-0.3, -0.25) is 0 Å². The van der Waals surface area contributed by atoms with Crippen LogP contribution in [0.4, 0.5) is 0 Å². The van der Waals surface area contributed by atoms with Gasteiger partial charge in [0, 0.05) is 5.41 Å². The quantitative estimate of drug-likeness (QED) is 0.824. The topological polar surface area (TPSA) is 54.9 Å². The van der Waals surface area contributed by atoms with E-state index in [1.54, 1.807) is 16.7 Å². The molecule has 1 aliphatic heterocycles. The van der Waals surface area contributed by atoms with Gasteiger partial charge in [0.2, 0.25) is 0 Å². The summed E-state index contributed by atoms with van der Waals surface area (Å²) in [7, 11) is -3.11. The first kappa shape index (κ1) is 12.0. The lowest BCUT2D eigenvalue weighted by Crippen LogP contribution is -2.11. The molecule has 0 radical (unpaired) electrons. The fourth-order valence-corrected chi connectivity index (χ4v) is 3.98. The molecule has 4 nitrogen and oxygen atoms in total. The Morgan fingerprint density at radius 3 is 2.89 bits per heavy atom.